The maximum absolute atomic E-state index is 13.1. The van der Waals surface area contributed by atoms with Gasteiger partial charge in [0.25, 0.3) is 10.0 Å². The lowest BCUT2D eigenvalue weighted by Crippen LogP contribution is -2.28. The van der Waals surface area contributed by atoms with E-state index in [0.29, 0.717) is 0 Å². The molecule has 0 heterocycles. The van der Waals surface area contributed by atoms with E-state index >= 15 is 0 Å². The lowest BCUT2D eigenvalue weighted by Gasteiger charge is -2.25. The molecule has 0 radical (unpaired) electrons. The molecule has 4 nitrogen and oxygen atoms in total. The smallest absolute Gasteiger partial charge is 0.200 e. The molecular formula is C19H24N2O2S2. The molecular weight excluding hydrogens is 352 g/mol. The van der Waals surface area contributed by atoms with Gasteiger partial charge in [0.2, 0.25) is 0 Å². The minimum absolute atomic E-state index is 0.209. The Kier molecular flexibility index (Phi) is 7.08. The molecule has 1 unspecified atom stereocenters. The van der Waals surface area contributed by atoms with Crippen molar-refractivity contribution in [2.24, 2.45) is 5.10 Å². The Morgan fingerprint density at radius 2 is 1.76 bits per heavy atom. The van der Waals surface area contributed by atoms with Crippen LogP contribution in [-0.4, -0.2) is 19.0 Å². The van der Waals surface area contributed by atoms with E-state index < -0.39 is 15.4 Å². The molecule has 0 aliphatic carbocycles. The average Bonchev–Trinajstić information content (AvgIpc) is 2.62. The van der Waals surface area contributed by atoms with Gasteiger partial charge in [-0.25, -0.2) is 0 Å². The van der Waals surface area contributed by atoms with Crippen LogP contribution in [0.2, 0.25) is 0 Å². The van der Waals surface area contributed by atoms with E-state index in [9.17, 15) is 8.42 Å². The van der Waals surface area contributed by atoms with Crippen molar-refractivity contribution in [2.45, 2.75) is 43.4 Å². The molecule has 1 atom stereocenters. The van der Waals surface area contributed by atoms with Crippen molar-refractivity contribution in [2.75, 3.05) is 0 Å². The van der Waals surface area contributed by atoms with E-state index in [2.05, 4.69) is 24.7 Å². The van der Waals surface area contributed by atoms with Crippen molar-refractivity contribution in [3.8, 4) is 0 Å². The lowest BCUT2D eigenvalue weighted by molar-refractivity contribution is 0.419. The minimum atomic E-state index is -3.79. The summed E-state index contributed by atoms with van der Waals surface area (Å²) in [6, 6.07) is 16.0. The fraction of sp³-hybridized carbons (Fsp3) is 0.316. The molecule has 0 N–H and O–H groups in total. The zero-order valence-corrected chi connectivity index (χ0v) is 16.2. The second-order valence-corrected chi connectivity index (χ2v) is 8.10. The Balaban J connectivity index is 2.39. The molecule has 0 aliphatic rings. The molecule has 0 fully saturated rings. The molecule has 0 spiro atoms. The zero-order valence-electron chi connectivity index (χ0n) is 14.5. The monoisotopic (exact) mass is 376 g/mol. The largest absolute Gasteiger partial charge is 0.280 e. The van der Waals surface area contributed by atoms with E-state index in [1.54, 1.807) is 30.5 Å². The highest BCUT2D eigenvalue weighted by molar-refractivity contribution is 7.90. The SMILES string of the molecule is CCCC/C=N/N(C(S)c1ccccc1)S(=O)(=O)c1ccc(C)cc1. The van der Waals surface area contributed by atoms with Gasteiger partial charge in [-0.3, -0.25) is 0 Å². The molecule has 134 valence electrons. The van der Waals surface area contributed by atoms with Crippen LogP contribution < -0.4 is 0 Å². The van der Waals surface area contributed by atoms with Crippen LogP contribution >= 0.6 is 12.6 Å². The number of sulfonamides is 1. The number of thiol groups is 1. The van der Waals surface area contributed by atoms with E-state index in [-0.39, 0.29) is 4.90 Å². The van der Waals surface area contributed by atoms with Gasteiger partial charge in [0.15, 0.2) is 0 Å². The zero-order chi connectivity index (χ0) is 18.3. The first-order valence-electron chi connectivity index (χ1n) is 8.33. The molecule has 0 bridgehead atoms. The van der Waals surface area contributed by atoms with Gasteiger partial charge in [-0.15, -0.1) is 12.6 Å². The lowest BCUT2D eigenvalue weighted by atomic mass is 10.2. The van der Waals surface area contributed by atoms with Gasteiger partial charge < -0.3 is 0 Å². The van der Waals surface area contributed by atoms with E-state index in [1.165, 1.54) is 0 Å². The summed E-state index contributed by atoms with van der Waals surface area (Å²) in [4.78, 5) is 0.209. The molecule has 0 saturated heterocycles. The van der Waals surface area contributed by atoms with Crippen LogP contribution in [0.5, 0.6) is 0 Å². The maximum Gasteiger partial charge on any atom is 0.280 e. The number of benzene rings is 2. The van der Waals surface area contributed by atoms with Gasteiger partial charge in [-0.05, 0) is 37.5 Å². The highest BCUT2D eigenvalue weighted by atomic mass is 32.2. The summed E-state index contributed by atoms with van der Waals surface area (Å²) in [6.45, 7) is 4.00. The van der Waals surface area contributed by atoms with Crippen molar-refractivity contribution in [1.82, 2.24) is 4.41 Å². The second kappa shape index (κ2) is 9.06. The van der Waals surface area contributed by atoms with Crippen LogP contribution in [0.1, 0.15) is 42.7 Å². The van der Waals surface area contributed by atoms with Crippen molar-refractivity contribution in [1.29, 1.82) is 0 Å². The number of hydrazone groups is 1. The molecule has 0 aliphatic heterocycles. The van der Waals surface area contributed by atoms with Crippen molar-refractivity contribution in [3.63, 3.8) is 0 Å². The molecule has 0 aromatic heterocycles. The summed E-state index contributed by atoms with van der Waals surface area (Å²) in [6.07, 6.45) is 4.37. The number of aryl methyl sites for hydroxylation is 1. The fourth-order valence-electron chi connectivity index (χ4n) is 2.26. The summed E-state index contributed by atoms with van der Waals surface area (Å²) >= 11 is 4.54. The predicted octanol–water partition coefficient (Wildman–Crippen LogP) is 4.79. The first-order valence-corrected chi connectivity index (χ1v) is 10.3. The molecule has 2 aromatic rings. The van der Waals surface area contributed by atoms with Gasteiger partial charge in [-0.2, -0.15) is 17.9 Å². The Bertz CT molecular complexity index is 788. The molecule has 0 amide bonds. The first kappa shape index (κ1) is 19.5. The van der Waals surface area contributed by atoms with Crippen molar-refractivity contribution in [3.05, 3.63) is 65.7 Å². The molecule has 6 heteroatoms. The third-order valence-electron chi connectivity index (χ3n) is 3.75. The predicted molar refractivity (Wildman–Crippen MR) is 106 cm³/mol. The Labute approximate surface area is 156 Å². The summed E-state index contributed by atoms with van der Waals surface area (Å²) in [5.41, 5.74) is 1.77. The highest BCUT2D eigenvalue weighted by Crippen LogP contribution is 2.31. The van der Waals surface area contributed by atoms with Crippen LogP contribution in [0, 0.1) is 6.92 Å². The Morgan fingerprint density at radius 3 is 2.36 bits per heavy atom. The first-order chi connectivity index (χ1) is 12.0. The Morgan fingerprint density at radius 1 is 1.12 bits per heavy atom. The van der Waals surface area contributed by atoms with Crippen LogP contribution in [0.15, 0.2) is 64.6 Å². The number of nitrogens with zero attached hydrogens (tertiary/aromatic N) is 2. The van der Waals surface area contributed by atoms with Gasteiger partial charge >= 0.3 is 0 Å². The van der Waals surface area contributed by atoms with Gasteiger partial charge in [0, 0.05) is 6.21 Å². The van der Waals surface area contributed by atoms with E-state index in [4.69, 9.17) is 0 Å². The van der Waals surface area contributed by atoms with Crippen molar-refractivity contribution >= 4 is 28.9 Å². The molecule has 2 aromatic carbocycles. The Hall–Kier alpha value is -1.79. The van der Waals surface area contributed by atoms with E-state index in [1.807, 2.05) is 37.3 Å². The van der Waals surface area contributed by atoms with Crippen molar-refractivity contribution < 1.29 is 8.42 Å². The van der Waals surface area contributed by atoms with Crippen LogP contribution in [-0.2, 0) is 10.0 Å². The normalized spacial score (nSPS) is 13.1. The quantitative estimate of drug-likeness (QED) is 0.237. The van der Waals surface area contributed by atoms with Crippen LogP contribution in [0.25, 0.3) is 0 Å². The number of unbranched alkanes of at least 4 members (excludes halogenated alkanes) is 2. The number of rotatable bonds is 8. The van der Waals surface area contributed by atoms with Gasteiger partial charge in [0.1, 0.15) is 5.37 Å². The average molecular weight is 377 g/mol. The van der Waals surface area contributed by atoms with Gasteiger partial charge in [0.05, 0.1) is 4.90 Å². The standard InChI is InChI=1S/C19H24N2O2S2/c1-3-4-8-15-20-21(19(24)17-9-6-5-7-10-17)25(22,23)18-13-11-16(2)12-14-18/h5-7,9-15,19,24H,3-4,8H2,1-2H3/b20-15+. The minimum Gasteiger partial charge on any atom is -0.200 e. The number of hydrogen-bond acceptors (Lipinski definition) is 4. The summed E-state index contributed by atoms with van der Waals surface area (Å²) in [5, 5.41) is 3.56. The van der Waals surface area contributed by atoms with Crippen LogP contribution in [0.4, 0.5) is 0 Å². The van der Waals surface area contributed by atoms with Crippen LogP contribution in [0.3, 0.4) is 0 Å². The summed E-state index contributed by atoms with van der Waals surface area (Å²) in [5.74, 6) is 0. The third-order valence-corrected chi connectivity index (χ3v) is 6.09. The van der Waals surface area contributed by atoms with Gasteiger partial charge in [-0.1, -0.05) is 61.4 Å². The molecule has 0 saturated carbocycles. The highest BCUT2D eigenvalue weighted by Gasteiger charge is 2.29. The van der Waals surface area contributed by atoms with E-state index in [0.717, 1.165) is 34.8 Å². The fourth-order valence-corrected chi connectivity index (χ4v) is 4.14. The summed E-state index contributed by atoms with van der Waals surface area (Å²) in [7, 11) is -3.79. The third kappa shape index (κ3) is 5.09. The topological polar surface area (TPSA) is 49.7 Å². The second-order valence-electron chi connectivity index (χ2n) is 5.82. The molecule has 25 heavy (non-hydrogen) atoms. The summed E-state index contributed by atoms with van der Waals surface area (Å²) < 4.78 is 27.3. The number of hydrogen-bond donors (Lipinski definition) is 1. The molecule has 2 rings (SSSR count). The maximum atomic E-state index is 13.1.